The van der Waals surface area contributed by atoms with E-state index in [0.29, 0.717) is 32.7 Å². The third-order valence-electron chi connectivity index (χ3n) is 3.10. The highest BCUT2D eigenvalue weighted by Crippen LogP contribution is 2.04. The number of hydrogen-bond acceptors (Lipinski definition) is 3. The molecule has 1 N–H and O–H groups in total. The monoisotopic (exact) mass is 280 g/mol. The zero-order valence-electron chi connectivity index (χ0n) is 11.1. The summed E-state index contributed by atoms with van der Waals surface area (Å²) < 4.78 is 17.5. The lowest BCUT2D eigenvalue weighted by atomic mass is 10.1. The first-order valence-electron chi connectivity index (χ1n) is 6.58. The molecule has 1 aromatic rings. The van der Waals surface area contributed by atoms with Gasteiger partial charge in [0.15, 0.2) is 0 Å². The molecule has 5 nitrogen and oxygen atoms in total. The zero-order chi connectivity index (χ0) is 14.4. The van der Waals surface area contributed by atoms with Crippen molar-refractivity contribution in [1.82, 2.24) is 10.2 Å². The maximum atomic E-state index is 12.7. The summed E-state index contributed by atoms with van der Waals surface area (Å²) >= 11 is 0. The van der Waals surface area contributed by atoms with Crippen molar-refractivity contribution in [3.8, 4) is 0 Å². The third-order valence-corrected chi connectivity index (χ3v) is 3.10. The molecular weight excluding hydrogens is 263 g/mol. The molecule has 1 heterocycles. The van der Waals surface area contributed by atoms with Crippen LogP contribution >= 0.6 is 0 Å². The molecule has 2 rings (SSSR count). The Bertz CT molecular complexity index is 476. The van der Waals surface area contributed by atoms with Crippen LogP contribution in [-0.4, -0.2) is 43.1 Å². The van der Waals surface area contributed by atoms with Crippen LogP contribution in [0.1, 0.15) is 12.0 Å². The van der Waals surface area contributed by atoms with Gasteiger partial charge in [0, 0.05) is 19.5 Å². The number of nitrogens with one attached hydrogen (secondary N) is 1. The van der Waals surface area contributed by atoms with E-state index in [0.717, 1.165) is 5.56 Å². The van der Waals surface area contributed by atoms with E-state index in [2.05, 4.69) is 5.32 Å². The molecular formula is C14H17FN2O3. The first kappa shape index (κ1) is 14.3. The minimum atomic E-state index is -0.357. The molecule has 0 spiro atoms. The molecule has 108 valence electrons. The lowest BCUT2D eigenvalue weighted by Crippen LogP contribution is -2.32. The van der Waals surface area contributed by atoms with Crippen molar-refractivity contribution in [1.29, 1.82) is 0 Å². The molecule has 0 bridgehead atoms. The van der Waals surface area contributed by atoms with Crippen LogP contribution in [0.4, 0.5) is 9.18 Å². The predicted molar refractivity (Wildman–Crippen MR) is 70.7 cm³/mol. The standard InChI is InChI=1S/C14H17FN2O3/c15-12-3-1-11(2-4-12)5-7-16-13(18)6-8-17-9-10-20-14(17)19/h1-4H,5-10H2,(H,16,18). The smallest absolute Gasteiger partial charge is 0.409 e. The van der Waals surface area contributed by atoms with E-state index in [1.807, 2.05) is 0 Å². The van der Waals surface area contributed by atoms with Gasteiger partial charge < -0.3 is 15.0 Å². The first-order valence-corrected chi connectivity index (χ1v) is 6.58. The molecule has 1 aliphatic heterocycles. The van der Waals surface area contributed by atoms with Crippen molar-refractivity contribution < 1.29 is 18.7 Å². The summed E-state index contributed by atoms with van der Waals surface area (Å²) in [7, 11) is 0. The summed E-state index contributed by atoms with van der Waals surface area (Å²) in [6, 6.07) is 6.19. The van der Waals surface area contributed by atoms with Gasteiger partial charge in [0.05, 0.1) is 6.54 Å². The van der Waals surface area contributed by atoms with Crippen LogP contribution in [-0.2, 0) is 16.0 Å². The maximum absolute atomic E-state index is 12.7. The average molecular weight is 280 g/mol. The fourth-order valence-corrected chi connectivity index (χ4v) is 1.95. The molecule has 1 saturated heterocycles. The number of carbonyl (C=O) groups excluding carboxylic acids is 2. The van der Waals surface area contributed by atoms with Crippen LogP contribution in [0, 0.1) is 5.82 Å². The number of halogens is 1. The molecule has 0 saturated carbocycles. The highest BCUT2D eigenvalue weighted by atomic mass is 19.1. The number of cyclic esters (lactones) is 1. The minimum absolute atomic E-state index is 0.105. The van der Waals surface area contributed by atoms with Crippen molar-refractivity contribution in [3.63, 3.8) is 0 Å². The molecule has 6 heteroatoms. The number of amides is 2. The molecule has 0 aliphatic carbocycles. The largest absolute Gasteiger partial charge is 0.448 e. The second-order valence-corrected chi connectivity index (χ2v) is 4.58. The van der Waals surface area contributed by atoms with Crippen molar-refractivity contribution in [2.24, 2.45) is 0 Å². The van der Waals surface area contributed by atoms with Gasteiger partial charge in [-0.1, -0.05) is 12.1 Å². The van der Waals surface area contributed by atoms with E-state index < -0.39 is 0 Å². The Morgan fingerprint density at radius 3 is 2.75 bits per heavy atom. The summed E-state index contributed by atoms with van der Waals surface area (Å²) in [4.78, 5) is 24.3. The van der Waals surface area contributed by atoms with Gasteiger partial charge in [-0.05, 0) is 24.1 Å². The average Bonchev–Trinajstić information content (AvgIpc) is 2.84. The first-order chi connectivity index (χ1) is 9.65. The van der Waals surface area contributed by atoms with Crippen LogP contribution < -0.4 is 5.32 Å². The molecule has 2 amide bonds. The molecule has 0 atom stereocenters. The van der Waals surface area contributed by atoms with Gasteiger partial charge in [-0.3, -0.25) is 4.79 Å². The van der Waals surface area contributed by atoms with Crippen LogP contribution in [0.5, 0.6) is 0 Å². The Morgan fingerprint density at radius 1 is 1.35 bits per heavy atom. The lowest BCUT2D eigenvalue weighted by Gasteiger charge is -2.12. The van der Waals surface area contributed by atoms with Gasteiger partial charge in [0.2, 0.25) is 5.91 Å². The van der Waals surface area contributed by atoms with E-state index in [-0.39, 0.29) is 24.2 Å². The number of carbonyl (C=O) groups is 2. The van der Waals surface area contributed by atoms with Crippen molar-refractivity contribution >= 4 is 12.0 Å². The molecule has 1 fully saturated rings. The number of hydrogen-bond donors (Lipinski definition) is 1. The highest BCUT2D eigenvalue weighted by Gasteiger charge is 2.21. The van der Waals surface area contributed by atoms with Crippen LogP contribution in [0.25, 0.3) is 0 Å². The van der Waals surface area contributed by atoms with Gasteiger partial charge in [-0.15, -0.1) is 0 Å². The molecule has 0 radical (unpaired) electrons. The normalized spacial score (nSPS) is 14.2. The lowest BCUT2D eigenvalue weighted by molar-refractivity contribution is -0.121. The second-order valence-electron chi connectivity index (χ2n) is 4.58. The molecule has 0 aromatic heterocycles. The van der Waals surface area contributed by atoms with E-state index >= 15 is 0 Å². The van der Waals surface area contributed by atoms with Crippen molar-refractivity contribution in [2.45, 2.75) is 12.8 Å². The summed E-state index contributed by atoms with van der Waals surface area (Å²) in [6.07, 6.45) is 0.556. The van der Waals surface area contributed by atoms with E-state index in [1.165, 1.54) is 17.0 Å². The Morgan fingerprint density at radius 2 is 2.10 bits per heavy atom. The molecule has 20 heavy (non-hydrogen) atoms. The fourth-order valence-electron chi connectivity index (χ4n) is 1.95. The SMILES string of the molecule is O=C(CCN1CCOC1=O)NCCc1ccc(F)cc1. The Hall–Kier alpha value is -2.11. The van der Waals surface area contributed by atoms with Crippen molar-refractivity contribution in [3.05, 3.63) is 35.6 Å². The van der Waals surface area contributed by atoms with Crippen LogP contribution in [0.15, 0.2) is 24.3 Å². The maximum Gasteiger partial charge on any atom is 0.409 e. The second kappa shape index (κ2) is 6.88. The number of ether oxygens (including phenoxy) is 1. The van der Waals surface area contributed by atoms with E-state index in [1.54, 1.807) is 12.1 Å². The summed E-state index contributed by atoms with van der Waals surface area (Å²) in [5.74, 6) is -0.373. The Kier molecular flexibility index (Phi) is 4.92. The van der Waals surface area contributed by atoms with Crippen molar-refractivity contribution in [2.75, 3.05) is 26.2 Å². The quantitative estimate of drug-likeness (QED) is 0.855. The summed E-state index contributed by atoms with van der Waals surface area (Å²) in [5.41, 5.74) is 0.967. The number of rotatable bonds is 6. The Balaban J connectivity index is 1.62. The van der Waals surface area contributed by atoms with Gasteiger partial charge in [-0.2, -0.15) is 0 Å². The molecule has 1 aromatic carbocycles. The third kappa shape index (κ3) is 4.22. The fraction of sp³-hybridized carbons (Fsp3) is 0.429. The summed E-state index contributed by atoms with van der Waals surface area (Å²) in [5, 5.41) is 2.77. The van der Waals surface area contributed by atoms with Gasteiger partial charge >= 0.3 is 6.09 Å². The highest BCUT2D eigenvalue weighted by molar-refractivity contribution is 5.77. The Labute approximate surface area is 116 Å². The minimum Gasteiger partial charge on any atom is -0.448 e. The number of nitrogens with zero attached hydrogens (tertiary/aromatic N) is 1. The van der Waals surface area contributed by atoms with E-state index in [9.17, 15) is 14.0 Å². The van der Waals surface area contributed by atoms with Gasteiger partial charge in [-0.25, -0.2) is 9.18 Å². The molecule has 0 unspecified atom stereocenters. The van der Waals surface area contributed by atoms with Gasteiger partial charge in [0.25, 0.3) is 0 Å². The van der Waals surface area contributed by atoms with Crippen LogP contribution in [0.3, 0.4) is 0 Å². The zero-order valence-corrected chi connectivity index (χ0v) is 11.1. The summed E-state index contributed by atoms with van der Waals surface area (Å²) in [6.45, 7) is 1.81. The van der Waals surface area contributed by atoms with E-state index in [4.69, 9.17) is 4.74 Å². The molecule has 1 aliphatic rings. The topological polar surface area (TPSA) is 58.6 Å². The predicted octanol–water partition coefficient (Wildman–Crippen LogP) is 1.33. The van der Waals surface area contributed by atoms with Crippen LogP contribution in [0.2, 0.25) is 0 Å². The number of benzene rings is 1. The van der Waals surface area contributed by atoms with Gasteiger partial charge in [0.1, 0.15) is 12.4 Å².